The van der Waals surface area contributed by atoms with Gasteiger partial charge in [0.05, 0.1) is 0 Å². The summed E-state index contributed by atoms with van der Waals surface area (Å²) in [6.45, 7) is 0. The maximum Gasteiger partial charge on any atom is 0.157 e. The molecule has 0 atom stereocenters. The van der Waals surface area contributed by atoms with Crippen molar-refractivity contribution in [3.8, 4) is 0 Å². The van der Waals surface area contributed by atoms with Crippen molar-refractivity contribution in [2.24, 2.45) is 0 Å². The first-order valence-electron chi connectivity index (χ1n) is 2.81. The lowest BCUT2D eigenvalue weighted by Gasteiger charge is -1.87. The van der Waals surface area contributed by atoms with Gasteiger partial charge in [0, 0.05) is 29.6 Å². The molecule has 2 aromatic heterocycles. The van der Waals surface area contributed by atoms with Crippen LogP contribution in [0.1, 0.15) is 0 Å². The fourth-order valence-electron chi connectivity index (χ4n) is 0.846. The van der Waals surface area contributed by atoms with Crippen molar-refractivity contribution in [1.82, 2.24) is 14.1 Å². The van der Waals surface area contributed by atoms with Crippen LogP contribution < -0.4 is 0 Å². The van der Waals surface area contributed by atoms with E-state index < -0.39 is 0 Å². The fraction of sp³-hybridized carbons (Fsp3) is 0. The van der Waals surface area contributed by atoms with Crippen molar-refractivity contribution < 1.29 is 0 Å². The van der Waals surface area contributed by atoms with Crippen molar-refractivity contribution in [3.63, 3.8) is 0 Å². The molecule has 2 rings (SSSR count). The van der Waals surface area contributed by atoms with E-state index in [-0.39, 0.29) is 0 Å². The Morgan fingerprint density at radius 3 is 3.20 bits per heavy atom. The predicted octanol–water partition coefficient (Wildman–Crippen LogP) is 1.43. The molecule has 2 aromatic rings. The quantitative estimate of drug-likeness (QED) is 0.573. The number of rotatable bonds is 0. The molecule has 0 unspecified atom stereocenters. The highest BCUT2D eigenvalue weighted by atomic mass is 35.5. The molecule has 0 aliphatic heterocycles. The van der Waals surface area contributed by atoms with Crippen LogP contribution in [0.2, 0.25) is 0 Å². The molecule has 50 valence electrons. The SMILES string of the molecule is Cln1ccc2cncnc21. The number of fused-ring (bicyclic) bond motifs is 1. The second kappa shape index (κ2) is 1.95. The van der Waals surface area contributed by atoms with Crippen LogP contribution in [-0.4, -0.2) is 14.1 Å². The summed E-state index contributed by atoms with van der Waals surface area (Å²) in [5, 5.41) is 0.956. The van der Waals surface area contributed by atoms with Gasteiger partial charge in [-0.05, 0) is 6.07 Å². The summed E-state index contributed by atoms with van der Waals surface area (Å²) in [7, 11) is 0. The lowest BCUT2D eigenvalue weighted by Crippen LogP contribution is -1.81. The molecule has 3 nitrogen and oxygen atoms in total. The maximum absolute atomic E-state index is 5.70. The molecule has 0 aliphatic carbocycles. The number of hydrogen-bond donors (Lipinski definition) is 0. The first-order chi connectivity index (χ1) is 4.88. The molecule has 0 fully saturated rings. The molecular weight excluding hydrogens is 150 g/mol. The van der Waals surface area contributed by atoms with Gasteiger partial charge in [-0.15, -0.1) is 0 Å². The van der Waals surface area contributed by atoms with Crippen LogP contribution >= 0.6 is 11.8 Å². The Morgan fingerprint density at radius 2 is 2.40 bits per heavy atom. The molecule has 0 aliphatic rings. The number of halogens is 1. The summed E-state index contributed by atoms with van der Waals surface area (Å²) in [5.41, 5.74) is 0.747. The van der Waals surface area contributed by atoms with E-state index in [1.807, 2.05) is 6.07 Å². The molecule has 0 saturated heterocycles. The minimum absolute atomic E-state index is 0.747. The van der Waals surface area contributed by atoms with Gasteiger partial charge in [-0.3, -0.25) is 0 Å². The Bertz CT molecular complexity index is 355. The largest absolute Gasteiger partial charge is 0.244 e. The van der Waals surface area contributed by atoms with E-state index in [9.17, 15) is 0 Å². The highest BCUT2D eigenvalue weighted by Crippen LogP contribution is 2.11. The Labute approximate surface area is 62.4 Å². The minimum Gasteiger partial charge on any atom is -0.244 e. The predicted molar refractivity (Wildman–Crippen MR) is 38.8 cm³/mol. The highest BCUT2D eigenvalue weighted by Gasteiger charge is 1.96. The third-order valence-electron chi connectivity index (χ3n) is 1.31. The summed E-state index contributed by atoms with van der Waals surface area (Å²) in [4.78, 5) is 7.80. The van der Waals surface area contributed by atoms with Gasteiger partial charge in [0.2, 0.25) is 0 Å². The van der Waals surface area contributed by atoms with Crippen molar-refractivity contribution in [2.75, 3.05) is 0 Å². The molecule has 0 amide bonds. The summed E-state index contributed by atoms with van der Waals surface area (Å²) in [5.74, 6) is 0. The van der Waals surface area contributed by atoms with E-state index in [1.165, 1.54) is 10.4 Å². The second-order valence-corrected chi connectivity index (χ2v) is 2.29. The summed E-state index contributed by atoms with van der Waals surface area (Å²) in [6, 6.07) is 1.86. The second-order valence-electron chi connectivity index (χ2n) is 1.93. The van der Waals surface area contributed by atoms with E-state index in [2.05, 4.69) is 9.97 Å². The molecule has 0 N–H and O–H groups in total. The number of aromatic nitrogens is 3. The zero-order chi connectivity index (χ0) is 6.97. The first kappa shape index (κ1) is 5.68. The lowest BCUT2D eigenvalue weighted by atomic mass is 10.4. The van der Waals surface area contributed by atoms with Crippen LogP contribution in [-0.2, 0) is 0 Å². The van der Waals surface area contributed by atoms with E-state index in [1.54, 1.807) is 12.4 Å². The smallest absolute Gasteiger partial charge is 0.157 e. The lowest BCUT2D eigenvalue weighted by molar-refractivity contribution is 1.17. The van der Waals surface area contributed by atoms with Crippen molar-refractivity contribution >= 4 is 22.8 Å². The fourth-order valence-corrected chi connectivity index (χ4v) is 1.04. The van der Waals surface area contributed by atoms with Gasteiger partial charge in [0.15, 0.2) is 5.65 Å². The molecule has 0 aromatic carbocycles. The standard InChI is InChI=1S/C6H4ClN3/c7-10-2-1-5-3-8-4-9-6(5)10/h1-4H. The zero-order valence-electron chi connectivity index (χ0n) is 5.03. The van der Waals surface area contributed by atoms with Crippen LogP contribution in [0.25, 0.3) is 11.0 Å². The molecule has 0 spiro atoms. The molecule has 2 heterocycles. The Morgan fingerprint density at radius 1 is 1.50 bits per heavy atom. The van der Waals surface area contributed by atoms with Gasteiger partial charge < -0.3 is 0 Å². The normalized spacial score (nSPS) is 10.5. The van der Waals surface area contributed by atoms with Gasteiger partial charge in [-0.25, -0.2) is 14.1 Å². The minimum atomic E-state index is 0.747. The third-order valence-corrected chi connectivity index (χ3v) is 1.58. The van der Waals surface area contributed by atoms with E-state index in [0.717, 1.165) is 11.0 Å². The summed E-state index contributed by atoms with van der Waals surface area (Å²) >= 11 is 5.70. The van der Waals surface area contributed by atoms with Gasteiger partial charge in [0.1, 0.15) is 6.33 Å². The van der Waals surface area contributed by atoms with Crippen LogP contribution in [0.3, 0.4) is 0 Å². The highest BCUT2D eigenvalue weighted by molar-refractivity contribution is 6.18. The number of nitrogens with zero attached hydrogens (tertiary/aromatic N) is 3. The molecule has 0 radical (unpaired) electrons. The van der Waals surface area contributed by atoms with Crippen LogP contribution in [0, 0.1) is 0 Å². The Hall–Kier alpha value is -1.09. The topological polar surface area (TPSA) is 30.7 Å². The molecule has 0 saturated carbocycles. The van der Waals surface area contributed by atoms with E-state index in [0.29, 0.717) is 0 Å². The van der Waals surface area contributed by atoms with Gasteiger partial charge in [-0.2, -0.15) is 0 Å². The van der Waals surface area contributed by atoms with Gasteiger partial charge in [0.25, 0.3) is 0 Å². The van der Waals surface area contributed by atoms with Crippen LogP contribution in [0.15, 0.2) is 24.8 Å². The monoisotopic (exact) mass is 153 g/mol. The molecule has 4 heteroatoms. The van der Waals surface area contributed by atoms with Crippen molar-refractivity contribution in [1.29, 1.82) is 0 Å². The van der Waals surface area contributed by atoms with Gasteiger partial charge >= 0.3 is 0 Å². The maximum atomic E-state index is 5.70. The summed E-state index contributed by atoms with van der Waals surface area (Å²) < 4.78 is 1.44. The van der Waals surface area contributed by atoms with Crippen LogP contribution in [0.4, 0.5) is 0 Å². The molecular formula is C6H4ClN3. The first-order valence-corrected chi connectivity index (χ1v) is 3.15. The molecule has 10 heavy (non-hydrogen) atoms. The average Bonchev–Trinajstić information content (AvgIpc) is 2.34. The van der Waals surface area contributed by atoms with Gasteiger partial charge in [-0.1, -0.05) is 0 Å². The van der Waals surface area contributed by atoms with Crippen LogP contribution in [0.5, 0.6) is 0 Å². The van der Waals surface area contributed by atoms with Crippen molar-refractivity contribution in [2.45, 2.75) is 0 Å². The Balaban J connectivity index is 2.93. The Kier molecular flexibility index (Phi) is 1.11. The zero-order valence-corrected chi connectivity index (χ0v) is 5.78. The van der Waals surface area contributed by atoms with E-state index in [4.69, 9.17) is 11.8 Å². The average molecular weight is 154 g/mol. The number of hydrogen-bond acceptors (Lipinski definition) is 2. The molecule has 0 bridgehead atoms. The van der Waals surface area contributed by atoms with E-state index >= 15 is 0 Å². The van der Waals surface area contributed by atoms with Crippen molar-refractivity contribution in [3.05, 3.63) is 24.8 Å². The third kappa shape index (κ3) is 0.675. The summed E-state index contributed by atoms with van der Waals surface area (Å²) in [6.07, 6.45) is 4.93.